The number of carbonyl (C=O) groups excluding carboxylic acids is 2. The molecule has 0 aliphatic heterocycles. The highest BCUT2D eigenvalue weighted by Crippen LogP contribution is 2.18. The first-order chi connectivity index (χ1) is 9.91. The fourth-order valence-corrected chi connectivity index (χ4v) is 1.64. The number of nitrogens with one attached hydrogen (secondary N) is 2. The van der Waals surface area contributed by atoms with Crippen LogP contribution in [0.5, 0.6) is 0 Å². The zero-order valence-corrected chi connectivity index (χ0v) is 11.2. The van der Waals surface area contributed by atoms with Gasteiger partial charge in [0.15, 0.2) is 0 Å². The highest BCUT2D eigenvalue weighted by molar-refractivity contribution is 6.00. The summed E-state index contributed by atoms with van der Waals surface area (Å²) in [6.45, 7) is 0.289. The minimum absolute atomic E-state index is 0.128. The minimum atomic E-state index is -1.47. The Morgan fingerprint density at radius 1 is 1.24 bits per heavy atom. The van der Waals surface area contributed by atoms with E-state index < -0.39 is 29.3 Å². The van der Waals surface area contributed by atoms with E-state index in [4.69, 9.17) is 10.8 Å². The van der Waals surface area contributed by atoms with E-state index in [0.717, 1.165) is 6.07 Å². The molecule has 1 rings (SSSR count). The lowest BCUT2D eigenvalue weighted by molar-refractivity contribution is -0.118. The predicted molar refractivity (Wildman–Crippen MR) is 73.4 cm³/mol. The summed E-state index contributed by atoms with van der Waals surface area (Å²) in [5.74, 6) is -2.81. The standard InChI is InChI=1S/C13H16FN3O4/c14-8-4-3-5-9(11(8)12(19)20)17-13(21)16-7-2-1-6-10(15)18/h3-5H,1-2,6-7H2,(H2,15,18)(H,19,20)(H2,16,17,21). The first-order valence-electron chi connectivity index (χ1n) is 6.26. The second-order valence-corrected chi connectivity index (χ2v) is 4.27. The molecular weight excluding hydrogens is 281 g/mol. The summed E-state index contributed by atoms with van der Waals surface area (Å²) in [6.07, 6.45) is 1.32. The summed E-state index contributed by atoms with van der Waals surface area (Å²) in [6, 6.07) is 2.93. The number of primary amides is 1. The van der Waals surface area contributed by atoms with Gasteiger partial charge in [-0.1, -0.05) is 6.07 Å². The molecule has 0 saturated carbocycles. The van der Waals surface area contributed by atoms with E-state index in [0.29, 0.717) is 12.8 Å². The molecule has 0 unspecified atom stereocenters. The van der Waals surface area contributed by atoms with Crippen molar-refractivity contribution in [1.82, 2.24) is 5.32 Å². The van der Waals surface area contributed by atoms with E-state index in [2.05, 4.69) is 10.6 Å². The second kappa shape index (κ2) is 7.83. The molecule has 7 nitrogen and oxygen atoms in total. The number of nitrogens with two attached hydrogens (primary N) is 1. The lowest BCUT2D eigenvalue weighted by Crippen LogP contribution is -2.30. The number of aromatic carboxylic acids is 1. The molecule has 1 aromatic rings. The molecule has 8 heteroatoms. The van der Waals surface area contributed by atoms with Crippen LogP contribution in [0.15, 0.2) is 18.2 Å². The predicted octanol–water partition coefficient (Wildman–Crippen LogP) is 1.30. The highest BCUT2D eigenvalue weighted by Gasteiger charge is 2.16. The van der Waals surface area contributed by atoms with E-state index in [-0.39, 0.29) is 18.7 Å². The van der Waals surface area contributed by atoms with Crippen LogP contribution in [-0.4, -0.2) is 29.6 Å². The van der Waals surface area contributed by atoms with Gasteiger partial charge in [-0.25, -0.2) is 14.0 Å². The van der Waals surface area contributed by atoms with E-state index in [1.807, 2.05) is 0 Å². The Hall–Kier alpha value is -2.64. The SMILES string of the molecule is NC(=O)CCCCNC(=O)Nc1cccc(F)c1C(=O)O. The maximum atomic E-state index is 13.4. The van der Waals surface area contributed by atoms with Gasteiger partial charge in [-0.2, -0.15) is 0 Å². The van der Waals surface area contributed by atoms with Crippen molar-refractivity contribution >= 4 is 23.6 Å². The van der Waals surface area contributed by atoms with Crippen LogP contribution in [0.1, 0.15) is 29.6 Å². The molecule has 21 heavy (non-hydrogen) atoms. The Morgan fingerprint density at radius 3 is 2.57 bits per heavy atom. The molecule has 0 aliphatic rings. The Kier molecular flexibility index (Phi) is 6.12. The van der Waals surface area contributed by atoms with Gasteiger partial charge < -0.3 is 21.5 Å². The molecular formula is C13H16FN3O4. The first kappa shape index (κ1) is 16.4. The van der Waals surface area contributed by atoms with Crippen molar-refractivity contribution in [2.45, 2.75) is 19.3 Å². The van der Waals surface area contributed by atoms with Crippen molar-refractivity contribution in [1.29, 1.82) is 0 Å². The van der Waals surface area contributed by atoms with Crippen LogP contribution in [0.4, 0.5) is 14.9 Å². The number of unbranched alkanes of at least 4 members (excludes halogenated alkanes) is 1. The zero-order chi connectivity index (χ0) is 15.8. The molecule has 0 heterocycles. The lowest BCUT2D eigenvalue weighted by Gasteiger charge is -2.10. The van der Waals surface area contributed by atoms with Crippen molar-refractivity contribution in [3.8, 4) is 0 Å². The van der Waals surface area contributed by atoms with Crippen LogP contribution < -0.4 is 16.4 Å². The summed E-state index contributed by atoms with van der Waals surface area (Å²) in [5, 5.41) is 13.6. The number of hydrogen-bond acceptors (Lipinski definition) is 3. The summed E-state index contributed by atoms with van der Waals surface area (Å²) in [5.41, 5.74) is 4.24. The molecule has 0 atom stereocenters. The molecule has 3 amide bonds. The van der Waals surface area contributed by atoms with Gasteiger partial charge in [0.2, 0.25) is 5.91 Å². The van der Waals surface area contributed by atoms with Gasteiger partial charge in [-0.3, -0.25) is 4.79 Å². The van der Waals surface area contributed by atoms with E-state index in [1.165, 1.54) is 12.1 Å². The fraction of sp³-hybridized carbons (Fsp3) is 0.308. The quantitative estimate of drug-likeness (QED) is 0.567. The van der Waals surface area contributed by atoms with Crippen LogP contribution in [0.25, 0.3) is 0 Å². The molecule has 0 spiro atoms. The van der Waals surface area contributed by atoms with Gasteiger partial charge in [0, 0.05) is 13.0 Å². The largest absolute Gasteiger partial charge is 0.478 e. The van der Waals surface area contributed by atoms with Crippen LogP contribution in [0.2, 0.25) is 0 Å². The first-order valence-corrected chi connectivity index (χ1v) is 6.26. The topological polar surface area (TPSA) is 122 Å². The fourth-order valence-electron chi connectivity index (χ4n) is 1.64. The molecule has 0 aromatic heterocycles. The maximum absolute atomic E-state index is 13.4. The van der Waals surface area contributed by atoms with Gasteiger partial charge in [0.25, 0.3) is 0 Å². The number of carboxylic acids is 1. The Bertz CT molecular complexity index is 548. The van der Waals surface area contributed by atoms with E-state index in [1.54, 1.807) is 0 Å². The van der Waals surface area contributed by atoms with Crippen molar-refractivity contribution in [2.24, 2.45) is 5.73 Å². The molecule has 0 aliphatic carbocycles. The number of carboxylic acid groups (broad SMARTS) is 1. The average Bonchev–Trinajstić information content (AvgIpc) is 2.37. The Labute approximate surface area is 120 Å². The molecule has 0 fully saturated rings. The molecule has 1 aromatic carbocycles. The molecule has 0 radical (unpaired) electrons. The summed E-state index contributed by atoms with van der Waals surface area (Å²) in [7, 11) is 0. The number of rotatable bonds is 7. The third-order valence-corrected chi connectivity index (χ3v) is 2.61. The third kappa shape index (κ3) is 5.47. The monoisotopic (exact) mass is 297 g/mol. The third-order valence-electron chi connectivity index (χ3n) is 2.61. The normalized spacial score (nSPS) is 9.95. The molecule has 5 N–H and O–H groups in total. The van der Waals surface area contributed by atoms with Gasteiger partial charge in [0.1, 0.15) is 11.4 Å². The number of halogens is 1. The number of amides is 3. The van der Waals surface area contributed by atoms with Gasteiger partial charge in [-0.15, -0.1) is 0 Å². The lowest BCUT2D eigenvalue weighted by atomic mass is 10.1. The van der Waals surface area contributed by atoms with Crippen molar-refractivity contribution < 1.29 is 23.9 Å². The average molecular weight is 297 g/mol. The van der Waals surface area contributed by atoms with Crippen LogP contribution in [-0.2, 0) is 4.79 Å². The van der Waals surface area contributed by atoms with Gasteiger partial charge in [-0.05, 0) is 25.0 Å². The minimum Gasteiger partial charge on any atom is -0.478 e. The summed E-state index contributed by atoms with van der Waals surface area (Å²) in [4.78, 5) is 33.0. The van der Waals surface area contributed by atoms with Crippen molar-refractivity contribution in [3.05, 3.63) is 29.6 Å². The number of anilines is 1. The summed E-state index contributed by atoms with van der Waals surface area (Å²) < 4.78 is 13.4. The van der Waals surface area contributed by atoms with Gasteiger partial charge in [0.05, 0.1) is 5.69 Å². The summed E-state index contributed by atoms with van der Waals surface area (Å²) >= 11 is 0. The number of urea groups is 1. The smallest absolute Gasteiger partial charge is 0.340 e. The molecule has 0 bridgehead atoms. The maximum Gasteiger partial charge on any atom is 0.340 e. The molecule has 114 valence electrons. The van der Waals surface area contributed by atoms with Crippen LogP contribution in [0.3, 0.4) is 0 Å². The van der Waals surface area contributed by atoms with Crippen LogP contribution >= 0.6 is 0 Å². The highest BCUT2D eigenvalue weighted by atomic mass is 19.1. The van der Waals surface area contributed by atoms with E-state index in [9.17, 15) is 18.8 Å². The Morgan fingerprint density at radius 2 is 1.95 bits per heavy atom. The van der Waals surface area contributed by atoms with Gasteiger partial charge >= 0.3 is 12.0 Å². The number of benzene rings is 1. The number of carbonyl (C=O) groups is 3. The van der Waals surface area contributed by atoms with Crippen molar-refractivity contribution in [2.75, 3.05) is 11.9 Å². The zero-order valence-electron chi connectivity index (χ0n) is 11.2. The van der Waals surface area contributed by atoms with Crippen molar-refractivity contribution in [3.63, 3.8) is 0 Å². The Balaban J connectivity index is 2.50. The molecule has 0 saturated heterocycles. The number of hydrogen-bond donors (Lipinski definition) is 4. The second-order valence-electron chi connectivity index (χ2n) is 4.27. The van der Waals surface area contributed by atoms with Crippen LogP contribution in [0, 0.1) is 5.82 Å². The van der Waals surface area contributed by atoms with E-state index >= 15 is 0 Å².